The van der Waals surface area contributed by atoms with Crippen molar-refractivity contribution in [3.05, 3.63) is 84.6 Å². The summed E-state index contributed by atoms with van der Waals surface area (Å²) in [5.74, 6) is -1.29. The molecule has 0 atom stereocenters. The molecule has 0 fully saturated rings. The molecule has 1 amide bonds. The van der Waals surface area contributed by atoms with Crippen molar-refractivity contribution >= 4 is 34.3 Å². The Kier molecular flexibility index (Phi) is 5.72. The fourth-order valence-electron chi connectivity index (χ4n) is 3.42. The van der Waals surface area contributed by atoms with Gasteiger partial charge in [-0.15, -0.1) is 0 Å². The zero-order valence-corrected chi connectivity index (χ0v) is 18.0. The number of alkyl halides is 3. The van der Waals surface area contributed by atoms with Crippen LogP contribution in [-0.4, -0.2) is 35.8 Å². The van der Waals surface area contributed by atoms with E-state index in [0.717, 1.165) is 18.3 Å². The number of carbonyl (C=O) groups is 1. The van der Waals surface area contributed by atoms with E-state index in [9.17, 15) is 22.4 Å². The lowest BCUT2D eigenvalue weighted by Crippen LogP contribution is -2.16. The van der Waals surface area contributed by atoms with Gasteiger partial charge in [-0.1, -0.05) is 0 Å². The third kappa shape index (κ3) is 4.53. The van der Waals surface area contributed by atoms with Gasteiger partial charge in [0.05, 0.1) is 17.6 Å². The number of fused-ring (bicyclic) bond motifs is 1. The Bertz CT molecular complexity index is 1580. The summed E-state index contributed by atoms with van der Waals surface area (Å²) in [6, 6.07) is 8.44. The highest BCUT2D eigenvalue weighted by Crippen LogP contribution is 2.32. The van der Waals surface area contributed by atoms with Gasteiger partial charge in [-0.05, 0) is 42.5 Å². The molecule has 1 aromatic carbocycles. The lowest BCUT2D eigenvalue weighted by molar-refractivity contribution is -0.137. The average molecular weight is 494 g/mol. The number of benzene rings is 1. The molecule has 0 saturated carbocycles. The normalized spacial score (nSPS) is 11.4. The number of H-pyrrole nitrogens is 1. The van der Waals surface area contributed by atoms with Gasteiger partial charge in [0.2, 0.25) is 0 Å². The molecule has 36 heavy (non-hydrogen) atoms. The van der Waals surface area contributed by atoms with Crippen LogP contribution < -0.4 is 10.6 Å². The summed E-state index contributed by atoms with van der Waals surface area (Å²) in [6.45, 7) is 0. The van der Waals surface area contributed by atoms with E-state index in [2.05, 4.69) is 40.5 Å². The van der Waals surface area contributed by atoms with Gasteiger partial charge in [-0.2, -0.15) is 13.2 Å². The minimum absolute atomic E-state index is 0.0420. The Morgan fingerprint density at radius 1 is 0.944 bits per heavy atom. The zero-order valence-electron chi connectivity index (χ0n) is 18.0. The number of nitrogens with zero attached hydrogens (tertiary/aromatic N) is 5. The molecule has 9 nitrogen and oxygen atoms in total. The Balaban J connectivity index is 1.43. The maximum Gasteiger partial charge on any atom is 0.416 e. The number of aromatic amines is 1. The molecule has 0 unspecified atom stereocenters. The van der Waals surface area contributed by atoms with Gasteiger partial charge < -0.3 is 15.6 Å². The summed E-state index contributed by atoms with van der Waals surface area (Å²) in [4.78, 5) is 35.9. The average Bonchev–Trinajstić information content (AvgIpc) is 3.35. The van der Waals surface area contributed by atoms with E-state index >= 15 is 0 Å². The SMILES string of the molecule is O=C(Nc1ccc(F)c(Nc2ncccc2-c2ncnc3nc[nH]c23)c1)c1cc(C(F)(F)F)ccn1. The number of nitrogens with one attached hydrogen (secondary N) is 3. The van der Waals surface area contributed by atoms with Crippen molar-refractivity contribution in [3.63, 3.8) is 0 Å². The summed E-state index contributed by atoms with van der Waals surface area (Å²) in [5, 5.41) is 5.31. The Hall–Kier alpha value is -4.94. The first-order chi connectivity index (χ1) is 17.3. The molecule has 0 spiro atoms. The molecule has 0 saturated heterocycles. The molecule has 180 valence electrons. The first-order valence-corrected chi connectivity index (χ1v) is 10.3. The highest BCUT2D eigenvalue weighted by atomic mass is 19.4. The molecule has 4 aromatic heterocycles. The lowest BCUT2D eigenvalue weighted by Gasteiger charge is -2.13. The Morgan fingerprint density at radius 3 is 2.64 bits per heavy atom. The second-order valence-electron chi connectivity index (χ2n) is 7.42. The number of hydrogen-bond donors (Lipinski definition) is 3. The van der Waals surface area contributed by atoms with Crippen LogP contribution in [0.25, 0.3) is 22.4 Å². The van der Waals surface area contributed by atoms with Gasteiger partial charge in [0, 0.05) is 23.6 Å². The number of carbonyl (C=O) groups excluding carboxylic acids is 1. The molecule has 3 N–H and O–H groups in total. The van der Waals surface area contributed by atoms with Crippen molar-refractivity contribution in [3.8, 4) is 11.3 Å². The van der Waals surface area contributed by atoms with Crippen LogP contribution >= 0.6 is 0 Å². The number of amides is 1. The summed E-state index contributed by atoms with van der Waals surface area (Å²) < 4.78 is 53.5. The summed E-state index contributed by atoms with van der Waals surface area (Å²) >= 11 is 0. The van der Waals surface area contributed by atoms with Crippen molar-refractivity contribution in [2.75, 3.05) is 10.6 Å². The third-order valence-corrected chi connectivity index (χ3v) is 5.08. The molecule has 0 radical (unpaired) electrons. The van der Waals surface area contributed by atoms with Crippen molar-refractivity contribution in [2.45, 2.75) is 6.18 Å². The van der Waals surface area contributed by atoms with Crippen molar-refractivity contribution < 1.29 is 22.4 Å². The minimum atomic E-state index is -4.63. The van der Waals surface area contributed by atoms with Gasteiger partial charge in [-0.25, -0.2) is 24.3 Å². The molecule has 13 heteroatoms. The third-order valence-electron chi connectivity index (χ3n) is 5.08. The zero-order chi connectivity index (χ0) is 25.3. The topological polar surface area (TPSA) is 121 Å². The van der Waals surface area contributed by atoms with Crippen LogP contribution in [0.5, 0.6) is 0 Å². The predicted octanol–water partition coefficient (Wildman–Crippen LogP) is 4.96. The molecule has 0 bridgehead atoms. The van der Waals surface area contributed by atoms with Crippen LogP contribution in [0, 0.1) is 5.82 Å². The summed E-state index contributed by atoms with van der Waals surface area (Å²) in [5.41, 5.74) is 0.631. The van der Waals surface area contributed by atoms with Crippen LogP contribution in [0.1, 0.15) is 16.1 Å². The van der Waals surface area contributed by atoms with Crippen LogP contribution in [0.3, 0.4) is 0 Å². The van der Waals surface area contributed by atoms with Gasteiger partial charge in [0.25, 0.3) is 5.91 Å². The number of imidazole rings is 1. The Morgan fingerprint density at radius 2 is 1.81 bits per heavy atom. The second-order valence-corrected chi connectivity index (χ2v) is 7.42. The van der Waals surface area contributed by atoms with Crippen molar-refractivity contribution in [2.24, 2.45) is 0 Å². The predicted molar refractivity (Wildman–Crippen MR) is 122 cm³/mol. The molecular weight excluding hydrogens is 480 g/mol. The number of anilines is 3. The van der Waals surface area contributed by atoms with Gasteiger partial charge in [-0.3, -0.25) is 9.78 Å². The highest BCUT2D eigenvalue weighted by molar-refractivity contribution is 6.03. The maximum absolute atomic E-state index is 14.7. The fourth-order valence-corrected chi connectivity index (χ4v) is 3.42. The molecule has 4 heterocycles. The maximum atomic E-state index is 14.7. The molecule has 0 aliphatic rings. The number of halogens is 4. The minimum Gasteiger partial charge on any atom is -0.341 e. The van der Waals surface area contributed by atoms with Gasteiger partial charge in [0.1, 0.15) is 34.9 Å². The molecular formula is C23H14F4N8O. The summed E-state index contributed by atoms with van der Waals surface area (Å²) in [7, 11) is 0. The van der Waals surface area contributed by atoms with E-state index < -0.39 is 29.2 Å². The van der Waals surface area contributed by atoms with E-state index in [-0.39, 0.29) is 17.2 Å². The monoisotopic (exact) mass is 494 g/mol. The van der Waals surface area contributed by atoms with Crippen molar-refractivity contribution in [1.82, 2.24) is 29.9 Å². The first-order valence-electron chi connectivity index (χ1n) is 10.3. The van der Waals surface area contributed by atoms with E-state index in [1.165, 1.54) is 31.0 Å². The molecule has 5 aromatic rings. The summed E-state index contributed by atoms with van der Waals surface area (Å²) in [6.07, 6.45) is 0.573. The van der Waals surface area contributed by atoms with Crippen LogP contribution in [0.15, 0.2) is 67.5 Å². The van der Waals surface area contributed by atoms with Crippen molar-refractivity contribution in [1.29, 1.82) is 0 Å². The van der Waals surface area contributed by atoms with E-state index in [1.807, 2.05) is 0 Å². The molecule has 5 rings (SSSR count). The molecule has 0 aliphatic carbocycles. The van der Waals surface area contributed by atoms with Crippen LogP contribution in [-0.2, 0) is 6.18 Å². The second kappa shape index (κ2) is 9.02. The van der Waals surface area contributed by atoms with Crippen LogP contribution in [0.4, 0.5) is 34.8 Å². The lowest BCUT2D eigenvalue weighted by atomic mass is 10.1. The smallest absolute Gasteiger partial charge is 0.341 e. The van der Waals surface area contributed by atoms with Gasteiger partial charge >= 0.3 is 6.18 Å². The number of pyridine rings is 2. The van der Waals surface area contributed by atoms with E-state index in [0.29, 0.717) is 28.5 Å². The largest absolute Gasteiger partial charge is 0.416 e. The number of hydrogen-bond acceptors (Lipinski definition) is 7. The standard InChI is InChI=1S/C23H14F4N8O/c24-15-4-3-13(34-22(36)17-8-12(5-7-28-17)23(25,26)27)9-16(15)35-20-14(2-1-6-29-20)18-19-21(32-10-30-18)33-11-31-19/h1-11H,(H,29,35)(H,34,36)(H,30,31,32,33). The Labute approximate surface area is 199 Å². The number of aromatic nitrogens is 6. The number of rotatable bonds is 5. The highest BCUT2D eigenvalue weighted by Gasteiger charge is 2.31. The van der Waals surface area contributed by atoms with Gasteiger partial charge in [0.15, 0.2) is 5.65 Å². The quantitative estimate of drug-likeness (QED) is 0.295. The van der Waals surface area contributed by atoms with E-state index in [4.69, 9.17) is 0 Å². The first kappa shape index (κ1) is 22.8. The van der Waals surface area contributed by atoms with Crippen LogP contribution in [0.2, 0.25) is 0 Å². The molecule has 0 aliphatic heterocycles. The fraction of sp³-hybridized carbons (Fsp3) is 0.0435. The van der Waals surface area contributed by atoms with E-state index in [1.54, 1.807) is 12.1 Å².